The number of carbonyl (C=O) groups is 1. The minimum absolute atomic E-state index is 0.106. The quantitative estimate of drug-likeness (QED) is 0.736. The molecule has 17 heavy (non-hydrogen) atoms. The normalized spacial score (nSPS) is 12.9. The van der Waals surface area contributed by atoms with Gasteiger partial charge in [0.1, 0.15) is 0 Å². The van der Waals surface area contributed by atoms with Crippen LogP contribution >= 0.6 is 11.3 Å². The molecule has 0 saturated heterocycles. The molecule has 0 fully saturated rings. The number of hydrogen-bond donors (Lipinski definition) is 2. The van der Waals surface area contributed by atoms with Gasteiger partial charge in [0.25, 0.3) is 0 Å². The van der Waals surface area contributed by atoms with Crippen LogP contribution in [0.2, 0.25) is 0 Å². The first kappa shape index (κ1) is 14.2. The van der Waals surface area contributed by atoms with Crippen LogP contribution in [0.1, 0.15) is 30.7 Å². The van der Waals surface area contributed by atoms with Crippen molar-refractivity contribution in [2.24, 2.45) is 11.5 Å². The van der Waals surface area contributed by atoms with Gasteiger partial charge in [0, 0.05) is 11.4 Å². The monoisotopic (exact) mass is 255 g/mol. The third-order valence-electron chi connectivity index (χ3n) is 2.69. The molecule has 96 valence electrons. The molecule has 1 aromatic rings. The van der Waals surface area contributed by atoms with E-state index in [0.717, 1.165) is 19.4 Å². The molecule has 0 saturated carbocycles. The third kappa shape index (κ3) is 4.46. The van der Waals surface area contributed by atoms with Gasteiger partial charge in [-0.3, -0.25) is 9.69 Å². The topological polar surface area (TPSA) is 72.3 Å². The summed E-state index contributed by atoms with van der Waals surface area (Å²) in [5.74, 6) is -0.295. The summed E-state index contributed by atoms with van der Waals surface area (Å²) in [6.07, 6.45) is 2.14. The number of nitrogens with two attached hydrogens (primary N) is 2. The summed E-state index contributed by atoms with van der Waals surface area (Å²) >= 11 is 1.67. The van der Waals surface area contributed by atoms with Crippen LogP contribution in [-0.2, 0) is 4.79 Å². The van der Waals surface area contributed by atoms with Gasteiger partial charge < -0.3 is 11.5 Å². The van der Waals surface area contributed by atoms with Gasteiger partial charge in [0.2, 0.25) is 5.91 Å². The summed E-state index contributed by atoms with van der Waals surface area (Å²) in [6.45, 7) is 3.78. The van der Waals surface area contributed by atoms with E-state index < -0.39 is 0 Å². The zero-order valence-electron chi connectivity index (χ0n) is 10.3. The Kier molecular flexibility index (Phi) is 6.18. The van der Waals surface area contributed by atoms with Crippen LogP contribution in [0.5, 0.6) is 0 Å². The molecule has 1 unspecified atom stereocenters. The molecular formula is C12H21N3OS. The van der Waals surface area contributed by atoms with Crippen molar-refractivity contribution >= 4 is 17.2 Å². The van der Waals surface area contributed by atoms with Crippen LogP contribution < -0.4 is 11.5 Å². The SMILES string of the molecule is CCCCN(CC(N)=O)C(CN)c1cccs1. The zero-order chi connectivity index (χ0) is 12.7. The molecule has 5 heteroatoms. The molecule has 0 aliphatic heterocycles. The van der Waals surface area contributed by atoms with Gasteiger partial charge in [-0.15, -0.1) is 11.3 Å². The molecule has 4 nitrogen and oxygen atoms in total. The van der Waals surface area contributed by atoms with Crippen molar-refractivity contribution in [1.82, 2.24) is 4.90 Å². The van der Waals surface area contributed by atoms with Crippen LogP contribution in [0, 0.1) is 0 Å². The zero-order valence-corrected chi connectivity index (χ0v) is 11.1. The lowest BCUT2D eigenvalue weighted by Crippen LogP contribution is -2.40. The van der Waals surface area contributed by atoms with Gasteiger partial charge in [0.05, 0.1) is 12.6 Å². The summed E-state index contributed by atoms with van der Waals surface area (Å²) in [7, 11) is 0. The van der Waals surface area contributed by atoms with E-state index in [4.69, 9.17) is 11.5 Å². The van der Waals surface area contributed by atoms with Crippen LogP contribution in [0.15, 0.2) is 17.5 Å². The molecule has 1 atom stereocenters. The van der Waals surface area contributed by atoms with Crippen molar-refractivity contribution < 1.29 is 4.79 Å². The Balaban J connectivity index is 2.74. The molecule has 0 aliphatic rings. The van der Waals surface area contributed by atoms with Crippen LogP contribution in [-0.4, -0.2) is 30.4 Å². The second-order valence-electron chi connectivity index (χ2n) is 4.06. The first-order chi connectivity index (χ1) is 8.19. The Bertz CT molecular complexity index is 327. The van der Waals surface area contributed by atoms with Crippen molar-refractivity contribution in [1.29, 1.82) is 0 Å². The third-order valence-corrected chi connectivity index (χ3v) is 3.67. The Morgan fingerprint density at radius 1 is 1.59 bits per heavy atom. The predicted octanol–water partition coefficient (Wildman–Crippen LogP) is 1.34. The smallest absolute Gasteiger partial charge is 0.231 e. The fourth-order valence-electron chi connectivity index (χ4n) is 1.83. The highest BCUT2D eigenvalue weighted by Crippen LogP contribution is 2.24. The number of rotatable bonds is 8. The van der Waals surface area contributed by atoms with Crippen LogP contribution in [0.25, 0.3) is 0 Å². The minimum Gasteiger partial charge on any atom is -0.369 e. The molecule has 1 aromatic heterocycles. The number of hydrogen-bond acceptors (Lipinski definition) is 4. The van der Waals surface area contributed by atoms with Crippen LogP contribution in [0.4, 0.5) is 0 Å². The van der Waals surface area contributed by atoms with E-state index in [-0.39, 0.29) is 18.5 Å². The number of amides is 1. The highest BCUT2D eigenvalue weighted by atomic mass is 32.1. The van der Waals surface area contributed by atoms with E-state index in [0.29, 0.717) is 6.54 Å². The lowest BCUT2D eigenvalue weighted by Gasteiger charge is -2.29. The van der Waals surface area contributed by atoms with Gasteiger partial charge in [-0.25, -0.2) is 0 Å². The predicted molar refractivity (Wildman–Crippen MR) is 71.8 cm³/mol. The molecule has 0 radical (unpaired) electrons. The molecule has 0 spiro atoms. The Morgan fingerprint density at radius 2 is 2.35 bits per heavy atom. The van der Waals surface area contributed by atoms with Gasteiger partial charge in [-0.1, -0.05) is 19.4 Å². The molecule has 1 rings (SSSR count). The maximum atomic E-state index is 11.1. The molecule has 1 heterocycles. The Morgan fingerprint density at radius 3 is 2.82 bits per heavy atom. The largest absolute Gasteiger partial charge is 0.369 e. The lowest BCUT2D eigenvalue weighted by atomic mass is 10.2. The Hall–Kier alpha value is -0.910. The second kappa shape index (κ2) is 7.42. The molecule has 0 aromatic carbocycles. The average Bonchev–Trinajstić information content (AvgIpc) is 2.79. The van der Waals surface area contributed by atoms with E-state index in [9.17, 15) is 4.79 Å². The van der Waals surface area contributed by atoms with Crippen molar-refractivity contribution in [2.75, 3.05) is 19.6 Å². The standard InChI is InChI=1S/C12H21N3OS/c1-2-3-6-15(9-12(14)16)10(8-13)11-5-4-7-17-11/h4-5,7,10H,2-3,6,8-9,13H2,1H3,(H2,14,16). The van der Waals surface area contributed by atoms with E-state index in [2.05, 4.69) is 17.9 Å². The van der Waals surface area contributed by atoms with E-state index in [1.807, 2.05) is 11.4 Å². The van der Waals surface area contributed by atoms with Gasteiger partial charge in [-0.2, -0.15) is 0 Å². The minimum atomic E-state index is -0.295. The summed E-state index contributed by atoms with van der Waals surface area (Å²) < 4.78 is 0. The molecular weight excluding hydrogens is 234 g/mol. The average molecular weight is 255 g/mol. The number of carbonyl (C=O) groups excluding carboxylic acids is 1. The first-order valence-electron chi connectivity index (χ1n) is 5.94. The summed E-state index contributed by atoms with van der Waals surface area (Å²) in [6, 6.07) is 4.17. The van der Waals surface area contributed by atoms with Gasteiger partial charge in [-0.05, 0) is 24.4 Å². The van der Waals surface area contributed by atoms with Crippen molar-refractivity contribution in [3.8, 4) is 0 Å². The van der Waals surface area contributed by atoms with Gasteiger partial charge >= 0.3 is 0 Å². The maximum Gasteiger partial charge on any atom is 0.231 e. The Labute approximate surface area is 107 Å². The summed E-state index contributed by atoms with van der Waals surface area (Å²) in [4.78, 5) is 14.4. The van der Waals surface area contributed by atoms with Gasteiger partial charge in [0.15, 0.2) is 0 Å². The highest BCUT2D eigenvalue weighted by Gasteiger charge is 2.20. The van der Waals surface area contributed by atoms with E-state index in [1.54, 1.807) is 11.3 Å². The number of thiophene rings is 1. The number of unbranched alkanes of at least 4 members (excludes halogenated alkanes) is 1. The fourth-order valence-corrected chi connectivity index (χ4v) is 2.71. The van der Waals surface area contributed by atoms with E-state index >= 15 is 0 Å². The van der Waals surface area contributed by atoms with Crippen molar-refractivity contribution in [3.63, 3.8) is 0 Å². The molecule has 0 aliphatic carbocycles. The van der Waals surface area contributed by atoms with Crippen molar-refractivity contribution in [2.45, 2.75) is 25.8 Å². The second-order valence-corrected chi connectivity index (χ2v) is 5.04. The van der Waals surface area contributed by atoms with Crippen molar-refractivity contribution in [3.05, 3.63) is 22.4 Å². The van der Waals surface area contributed by atoms with Crippen LogP contribution in [0.3, 0.4) is 0 Å². The fraction of sp³-hybridized carbons (Fsp3) is 0.583. The number of primary amides is 1. The number of nitrogens with zero attached hydrogens (tertiary/aromatic N) is 1. The highest BCUT2D eigenvalue weighted by molar-refractivity contribution is 7.10. The van der Waals surface area contributed by atoms with E-state index in [1.165, 1.54) is 4.88 Å². The molecule has 1 amide bonds. The molecule has 0 bridgehead atoms. The lowest BCUT2D eigenvalue weighted by molar-refractivity contribution is -0.119. The first-order valence-corrected chi connectivity index (χ1v) is 6.82. The summed E-state index contributed by atoms with van der Waals surface area (Å²) in [5.41, 5.74) is 11.1. The summed E-state index contributed by atoms with van der Waals surface area (Å²) in [5, 5.41) is 2.03. The maximum absolute atomic E-state index is 11.1. The molecule has 4 N–H and O–H groups in total.